The first-order valence-corrected chi connectivity index (χ1v) is 7.91. The third kappa shape index (κ3) is 3.65. The van der Waals surface area contributed by atoms with Crippen molar-refractivity contribution in [3.8, 4) is 5.75 Å². The number of aryl methyl sites for hydroxylation is 1. The van der Waals surface area contributed by atoms with Crippen LogP contribution in [0.3, 0.4) is 0 Å². The van der Waals surface area contributed by atoms with Crippen LogP contribution in [-0.4, -0.2) is 17.1 Å². The lowest BCUT2D eigenvalue weighted by molar-refractivity contribution is -0.387. The van der Waals surface area contributed by atoms with Crippen LogP contribution < -0.4 is 4.74 Å². The van der Waals surface area contributed by atoms with Crippen molar-refractivity contribution in [1.82, 2.24) is 0 Å². The fourth-order valence-electron chi connectivity index (χ4n) is 1.92. The van der Waals surface area contributed by atoms with E-state index < -0.39 is 10.9 Å². The van der Waals surface area contributed by atoms with Crippen LogP contribution in [0.15, 0.2) is 47.4 Å². The summed E-state index contributed by atoms with van der Waals surface area (Å²) in [6.07, 6.45) is 2.65. The van der Waals surface area contributed by atoms with Crippen molar-refractivity contribution in [3.63, 3.8) is 0 Å². The maximum Gasteiger partial charge on any atom is 0.343 e. The number of carbonyl (C=O) groups excluding carboxylic acids is 1. The van der Waals surface area contributed by atoms with Crippen molar-refractivity contribution in [2.24, 2.45) is 0 Å². The van der Waals surface area contributed by atoms with Gasteiger partial charge >= 0.3 is 5.97 Å². The van der Waals surface area contributed by atoms with Gasteiger partial charge in [0.05, 0.1) is 15.4 Å². The van der Waals surface area contributed by atoms with Gasteiger partial charge in [0.25, 0.3) is 5.69 Å². The molecule has 0 fully saturated rings. The summed E-state index contributed by atoms with van der Waals surface area (Å²) in [7, 11) is 0. The molecule has 0 radical (unpaired) electrons. The van der Waals surface area contributed by atoms with Crippen LogP contribution in [0.5, 0.6) is 5.75 Å². The minimum atomic E-state index is -0.611. The average molecular weight is 317 g/mol. The van der Waals surface area contributed by atoms with Gasteiger partial charge in [-0.2, -0.15) is 0 Å². The van der Waals surface area contributed by atoms with Gasteiger partial charge in [-0.15, -0.1) is 11.8 Å². The minimum absolute atomic E-state index is 0.0942. The Morgan fingerprint density at radius 2 is 1.91 bits per heavy atom. The Hall–Kier alpha value is -2.34. The quantitative estimate of drug-likeness (QED) is 0.273. The number of benzene rings is 2. The lowest BCUT2D eigenvalue weighted by Gasteiger charge is -2.06. The zero-order chi connectivity index (χ0) is 16.1. The Kier molecular flexibility index (Phi) is 5.16. The summed E-state index contributed by atoms with van der Waals surface area (Å²) >= 11 is 1.26. The molecule has 0 N–H and O–H groups in total. The summed E-state index contributed by atoms with van der Waals surface area (Å²) in [6.45, 7) is 2.04. The number of hydrogen-bond donors (Lipinski definition) is 0. The van der Waals surface area contributed by atoms with Crippen molar-refractivity contribution >= 4 is 23.4 Å². The molecule has 2 rings (SSSR count). The molecule has 0 aliphatic carbocycles. The molecule has 22 heavy (non-hydrogen) atoms. The number of esters is 1. The number of carbonyl (C=O) groups is 1. The van der Waals surface area contributed by atoms with Gasteiger partial charge in [0.1, 0.15) is 5.75 Å². The summed E-state index contributed by atoms with van der Waals surface area (Å²) in [4.78, 5) is 23.1. The Balaban J connectivity index is 2.21. The van der Waals surface area contributed by atoms with Crippen LogP contribution in [0, 0.1) is 10.1 Å². The van der Waals surface area contributed by atoms with Crippen LogP contribution in [0.2, 0.25) is 0 Å². The molecular weight excluding hydrogens is 302 g/mol. The Morgan fingerprint density at radius 1 is 1.23 bits per heavy atom. The zero-order valence-electron chi connectivity index (χ0n) is 12.2. The molecular formula is C16H15NO4S. The molecule has 0 amide bonds. The van der Waals surface area contributed by atoms with Crippen molar-refractivity contribution in [1.29, 1.82) is 0 Å². The van der Waals surface area contributed by atoms with Crippen molar-refractivity contribution in [2.75, 3.05) is 6.26 Å². The van der Waals surface area contributed by atoms with Crippen LogP contribution in [0.25, 0.3) is 0 Å². The number of ether oxygens (including phenoxy) is 1. The van der Waals surface area contributed by atoms with Crippen LogP contribution >= 0.6 is 11.8 Å². The number of thioether (sulfide) groups is 1. The first-order chi connectivity index (χ1) is 10.5. The van der Waals surface area contributed by atoms with E-state index in [2.05, 4.69) is 0 Å². The lowest BCUT2D eigenvalue weighted by Crippen LogP contribution is -2.09. The molecule has 0 heterocycles. The molecule has 0 unspecified atom stereocenters. The van der Waals surface area contributed by atoms with E-state index in [9.17, 15) is 14.9 Å². The number of nitro benzene ring substituents is 1. The summed E-state index contributed by atoms with van der Waals surface area (Å²) in [6, 6.07) is 11.5. The number of rotatable bonds is 5. The van der Waals surface area contributed by atoms with Crippen molar-refractivity contribution in [3.05, 3.63) is 63.7 Å². The molecule has 0 aromatic heterocycles. The molecule has 114 valence electrons. The van der Waals surface area contributed by atoms with E-state index in [1.807, 2.05) is 19.1 Å². The molecule has 2 aromatic rings. The molecule has 0 bridgehead atoms. The largest absolute Gasteiger partial charge is 0.423 e. The van der Waals surface area contributed by atoms with E-state index in [4.69, 9.17) is 4.74 Å². The van der Waals surface area contributed by atoms with E-state index >= 15 is 0 Å². The average Bonchev–Trinajstić information content (AvgIpc) is 2.54. The third-order valence-corrected chi connectivity index (χ3v) is 3.94. The van der Waals surface area contributed by atoms with E-state index in [0.29, 0.717) is 10.6 Å². The Morgan fingerprint density at radius 3 is 2.45 bits per heavy atom. The number of nitro groups is 1. The highest BCUT2D eigenvalue weighted by Gasteiger charge is 2.18. The van der Waals surface area contributed by atoms with Gasteiger partial charge in [-0.25, -0.2) is 4.79 Å². The van der Waals surface area contributed by atoms with Crippen molar-refractivity contribution in [2.45, 2.75) is 18.2 Å². The smallest absolute Gasteiger partial charge is 0.343 e. The summed E-state index contributed by atoms with van der Waals surface area (Å²) in [5.41, 5.74) is 1.20. The third-order valence-electron chi connectivity index (χ3n) is 3.15. The standard InChI is InChI=1S/C16H15NO4S/c1-3-11-4-7-13(8-5-11)21-16(18)12-6-9-15(22-2)14(10-12)17(19)20/h4-10H,3H2,1-2H3. The fourth-order valence-corrected chi connectivity index (χ4v) is 2.47. The molecule has 0 saturated carbocycles. The van der Waals surface area contributed by atoms with Crippen LogP contribution in [-0.2, 0) is 6.42 Å². The van der Waals surface area contributed by atoms with Gasteiger partial charge in [-0.3, -0.25) is 10.1 Å². The number of hydrogen-bond acceptors (Lipinski definition) is 5. The van der Waals surface area contributed by atoms with E-state index in [-0.39, 0.29) is 11.3 Å². The molecule has 5 nitrogen and oxygen atoms in total. The molecule has 6 heteroatoms. The molecule has 0 atom stereocenters. The van der Waals surface area contributed by atoms with Gasteiger partial charge in [-0.1, -0.05) is 19.1 Å². The second-order valence-corrected chi connectivity index (χ2v) is 5.38. The lowest BCUT2D eigenvalue weighted by atomic mass is 10.1. The monoisotopic (exact) mass is 317 g/mol. The first kappa shape index (κ1) is 16.0. The molecule has 0 saturated heterocycles. The first-order valence-electron chi connectivity index (χ1n) is 6.68. The maximum atomic E-state index is 12.1. The SMILES string of the molecule is CCc1ccc(OC(=O)c2ccc(SC)c([N+](=O)[O-])c2)cc1. The molecule has 2 aromatic carbocycles. The normalized spacial score (nSPS) is 10.3. The van der Waals surface area contributed by atoms with Gasteiger partial charge in [0.15, 0.2) is 0 Å². The fraction of sp³-hybridized carbons (Fsp3) is 0.188. The minimum Gasteiger partial charge on any atom is -0.423 e. The van der Waals surface area contributed by atoms with Gasteiger partial charge in [0.2, 0.25) is 0 Å². The van der Waals surface area contributed by atoms with Gasteiger partial charge < -0.3 is 4.74 Å². The van der Waals surface area contributed by atoms with Crippen molar-refractivity contribution < 1.29 is 14.5 Å². The number of nitrogens with zero attached hydrogens (tertiary/aromatic N) is 1. The molecule has 0 aliphatic rings. The predicted octanol–water partition coefficient (Wildman–Crippen LogP) is 4.10. The highest BCUT2D eigenvalue weighted by molar-refractivity contribution is 7.98. The van der Waals surface area contributed by atoms with E-state index in [1.165, 1.54) is 23.9 Å². The topological polar surface area (TPSA) is 69.4 Å². The Bertz CT molecular complexity index is 698. The second kappa shape index (κ2) is 7.09. The summed E-state index contributed by atoms with van der Waals surface area (Å²) in [5, 5.41) is 11.0. The van der Waals surface area contributed by atoms with E-state index in [1.54, 1.807) is 24.5 Å². The second-order valence-electron chi connectivity index (χ2n) is 4.53. The zero-order valence-corrected chi connectivity index (χ0v) is 13.1. The molecule has 0 spiro atoms. The maximum absolute atomic E-state index is 12.1. The van der Waals surface area contributed by atoms with Crippen LogP contribution in [0.4, 0.5) is 5.69 Å². The predicted molar refractivity (Wildman–Crippen MR) is 85.7 cm³/mol. The molecule has 0 aliphatic heterocycles. The summed E-state index contributed by atoms with van der Waals surface area (Å²) < 4.78 is 5.24. The highest BCUT2D eigenvalue weighted by atomic mass is 32.2. The van der Waals surface area contributed by atoms with Gasteiger partial charge in [0, 0.05) is 6.07 Å². The summed E-state index contributed by atoms with van der Waals surface area (Å²) in [5.74, 6) is -0.196. The highest BCUT2D eigenvalue weighted by Crippen LogP contribution is 2.28. The van der Waals surface area contributed by atoms with Crippen LogP contribution in [0.1, 0.15) is 22.8 Å². The Labute approximate surface area is 132 Å². The van der Waals surface area contributed by atoms with E-state index in [0.717, 1.165) is 12.0 Å². The van der Waals surface area contributed by atoms with Gasteiger partial charge in [-0.05, 0) is 42.5 Å².